The number of hydrogen-bond donors (Lipinski definition) is 2. The normalized spacial score (nSPS) is 12.4. The van der Waals surface area contributed by atoms with Gasteiger partial charge >= 0.3 is 5.97 Å². The van der Waals surface area contributed by atoms with Gasteiger partial charge in [-0.05, 0) is 50.1 Å². The molecule has 100 valence electrons. The van der Waals surface area contributed by atoms with Crippen LogP contribution >= 0.6 is 0 Å². The van der Waals surface area contributed by atoms with Crippen LogP contribution < -0.4 is 5.32 Å². The van der Waals surface area contributed by atoms with E-state index in [1.54, 1.807) is 6.07 Å². The second-order valence-corrected chi connectivity index (χ2v) is 4.62. The van der Waals surface area contributed by atoms with Crippen LogP contribution in [-0.2, 0) is 4.79 Å². The molecule has 2 rings (SSSR count). The Balaban J connectivity index is 2.31. The molecule has 0 saturated heterocycles. The summed E-state index contributed by atoms with van der Waals surface area (Å²) >= 11 is 0. The van der Waals surface area contributed by atoms with Gasteiger partial charge in [-0.15, -0.1) is 0 Å². The van der Waals surface area contributed by atoms with Gasteiger partial charge in [-0.3, -0.25) is 9.59 Å². The fourth-order valence-electron chi connectivity index (χ4n) is 1.74. The summed E-state index contributed by atoms with van der Waals surface area (Å²) in [5.41, 5.74) is 2.81. The van der Waals surface area contributed by atoms with Crippen molar-refractivity contribution in [2.45, 2.75) is 26.8 Å². The SMILES string of the molecule is Cc1cc2cc(C(=O)N[C@@H](C)C(=O)O)oc2cc1C. The lowest BCUT2D eigenvalue weighted by Crippen LogP contribution is -2.38. The highest BCUT2D eigenvalue weighted by Crippen LogP contribution is 2.23. The Morgan fingerprint density at radius 3 is 2.47 bits per heavy atom. The molecule has 5 nitrogen and oxygen atoms in total. The number of hydrogen-bond acceptors (Lipinski definition) is 3. The van der Waals surface area contributed by atoms with Crippen LogP contribution in [-0.4, -0.2) is 23.0 Å². The predicted octanol–water partition coefficient (Wildman–Crippen LogP) is 2.25. The van der Waals surface area contributed by atoms with E-state index in [1.165, 1.54) is 6.92 Å². The molecule has 0 aliphatic heterocycles. The van der Waals surface area contributed by atoms with Crippen LogP contribution in [0.3, 0.4) is 0 Å². The van der Waals surface area contributed by atoms with E-state index < -0.39 is 17.9 Å². The highest BCUT2D eigenvalue weighted by molar-refractivity contribution is 5.98. The maximum atomic E-state index is 11.8. The van der Waals surface area contributed by atoms with Gasteiger partial charge in [-0.25, -0.2) is 0 Å². The van der Waals surface area contributed by atoms with Gasteiger partial charge in [0.1, 0.15) is 11.6 Å². The van der Waals surface area contributed by atoms with E-state index in [4.69, 9.17) is 9.52 Å². The minimum atomic E-state index is -1.09. The standard InChI is InChI=1S/C14H15NO4/c1-7-4-10-6-12(19-11(10)5-8(7)2)13(16)15-9(3)14(17)18/h4-6,9H,1-3H3,(H,15,16)(H,17,18)/t9-/m0/s1. The zero-order chi connectivity index (χ0) is 14.2. The van der Waals surface area contributed by atoms with Gasteiger partial charge in [0.2, 0.25) is 0 Å². The van der Waals surface area contributed by atoms with E-state index in [0.717, 1.165) is 16.5 Å². The van der Waals surface area contributed by atoms with Crippen molar-refractivity contribution in [1.29, 1.82) is 0 Å². The summed E-state index contributed by atoms with van der Waals surface area (Å²) in [7, 11) is 0. The number of furan rings is 1. The first kappa shape index (κ1) is 13.1. The van der Waals surface area contributed by atoms with Gasteiger partial charge in [0.25, 0.3) is 5.91 Å². The monoisotopic (exact) mass is 261 g/mol. The van der Waals surface area contributed by atoms with Crippen molar-refractivity contribution in [3.63, 3.8) is 0 Å². The zero-order valence-electron chi connectivity index (χ0n) is 11.0. The van der Waals surface area contributed by atoms with E-state index in [2.05, 4.69) is 5.32 Å². The third-order valence-electron chi connectivity index (χ3n) is 3.07. The first-order chi connectivity index (χ1) is 8.88. The average molecular weight is 261 g/mol. The second-order valence-electron chi connectivity index (χ2n) is 4.62. The number of carboxylic acid groups (broad SMARTS) is 1. The molecule has 0 spiro atoms. The van der Waals surface area contributed by atoms with Crippen LogP contribution in [0.15, 0.2) is 22.6 Å². The highest BCUT2D eigenvalue weighted by Gasteiger charge is 2.18. The third-order valence-corrected chi connectivity index (χ3v) is 3.07. The summed E-state index contributed by atoms with van der Waals surface area (Å²) in [4.78, 5) is 22.5. The van der Waals surface area contributed by atoms with Gasteiger partial charge < -0.3 is 14.8 Å². The topological polar surface area (TPSA) is 79.5 Å². The average Bonchev–Trinajstić information content (AvgIpc) is 2.72. The number of aliphatic carboxylic acids is 1. The zero-order valence-corrected chi connectivity index (χ0v) is 11.0. The smallest absolute Gasteiger partial charge is 0.325 e. The number of carbonyl (C=O) groups excluding carboxylic acids is 1. The molecule has 0 unspecified atom stereocenters. The Hall–Kier alpha value is -2.30. The second kappa shape index (κ2) is 4.76. The van der Waals surface area contributed by atoms with Gasteiger partial charge in [0, 0.05) is 5.39 Å². The quantitative estimate of drug-likeness (QED) is 0.888. The molecule has 1 aromatic carbocycles. The summed E-state index contributed by atoms with van der Waals surface area (Å²) in [5.74, 6) is -1.49. The number of carboxylic acids is 1. The van der Waals surface area contributed by atoms with E-state index in [-0.39, 0.29) is 5.76 Å². The highest BCUT2D eigenvalue weighted by atomic mass is 16.4. The molecule has 0 saturated carbocycles. The molecule has 2 N–H and O–H groups in total. The lowest BCUT2D eigenvalue weighted by atomic mass is 10.1. The number of amides is 1. The van der Waals surface area contributed by atoms with Gasteiger partial charge in [-0.1, -0.05) is 0 Å². The molecule has 0 radical (unpaired) electrons. The molecular weight excluding hydrogens is 246 g/mol. The Labute approximate surface area is 110 Å². The Bertz CT molecular complexity index is 618. The van der Waals surface area contributed by atoms with Crippen molar-refractivity contribution >= 4 is 22.8 Å². The number of nitrogens with one attached hydrogen (secondary N) is 1. The summed E-state index contributed by atoms with van der Waals surface area (Å²) in [6.45, 7) is 5.34. The Kier molecular flexibility index (Phi) is 3.29. The molecule has 1 aromatic heterocycles. The largest absolute Gasteiger partial charge is 0.480 e. The van der Waals surface area contributed by atoms with Gasteiger partial charge in [0.05, 0.1) is 0 Å². The molecule has 0 aliphatic carbocycles. The van der Waals surface area contributed by atoms with Crippen molar-refractivity contribution in [2.75, 3.05) is 0 Å². The van der Waals surface area contributed by atoms with Crippen LogP contribution in [0.25, 0.3) is 11.0 Å². The predicted molar refractivity (Wildman–Crippen MR) is 70.3 cm³/mol. The minimum Gasteiger partial charge on any atom is -0.480 e. The van der Waals surface area contributed by atoms with Crippen LogP contribution in [0.4, 0.5) is 0 Å². The Morgan fingerprint density at radius 2 is 1.84 bits per heavy atom. The molecule has 5 heteroatoms. The van der Waals surface area contributed by atoms with Gasteiger partial charge in [-0.2, -0.15) is 0 Å². The third kappa shape index (κ3) is 2.59. The summed E-state index contributed by atoms with van der Waals surface area (Å²) in [6, 6.07) is 4.46. The Morgan fingerprint density at radius 1 is 1.21 bits per heavy atom. The van der Waals surface area contributed by atoms with E-state index >= 15 is 0 Å². The molecular formula is C14H15NO4. The van der Waals surface area contributed by atoms with Crippen molar-refractivity contribution in [2.24, 2.45) is 0 Å². The number of aryl methyl sites for hydroxylation is 2. The van der Waals surface area contributed by atoms with Crippen LogP contribution in [0.1, 0.15) is 28.6 Å². The van der Waals surface area contributed by atoms with Crippen LogP contribution in [0.5, 0.6) is 0 Å². The lowest BCUT2D eigenvalue weighted by molar-refractivity contribution is -0.138. The molecule has 0 fully saturated rings. The van der Waals surface area contributed by atoms with Crippen molar-refractivity contribution in [3.05, 3.63) is 35.1 Å². The molecule has 1 heterocycles. The first-order valence-electron chi connectivity index (χ1n) is 5.93. The lowest BCUT2D eigenvalue weighted by Gasteiger charge is -2.06. The summed E-state index contributed by atoms with van der Waals surface area (Å²) in [5, 5.41) is 11.9. The van der Waals surface area contributed by atoms with E-state index in [9.17, 15) is 9.59 Å². The molecule has 1 atom stereocenters. The minimum absolute atomic E-state index is 0.119. The van der Waals surface area contributed by atoms with Crippen molar-refractivity contribution < 1.29 is 19.1 Å². The number of rotatable bonds is 3. The van der Waals surface area contributed by atoms with E-state index in [0.29, 0.717) is 5.58 Å². The molecule has 0 bridgehead atoms. The maximum absolute atomic E-state index is 11.8. The van der Waals surface area contributed by atoms with E-state index in [1.807, 2.05) is 26.0 Å². The summed E-state index contributed by atoms with van der Waals surface area (Å²) in [6.07, 6.45) is 0. The number of carbonyl (C=O) groups is 2. The van der Waals surface area contributed by atoms with Gasteiger partial charge in [0.15, 0.2) is 5.76 Å². The van der Waals surface area contributed by atoms with Crippen molar-refractivity contribution in [1.82, 2.24) is 5.32 Å². The molecule has 2 aromatic rings. The number of fused-ring (bicyclic) bond motifs is 1. The fourth-order valence-corrected chi connectivity index (χ4v) is 1.74. The number of benzene rings is 1. The fraction of sp³-hybridized carbons (Fsp3) is 0.286. The molecule has 0 aliphatic rings. The molecule has 19 heavy (non-hydrogen) atoms. The summed E-state index contributed by atoms with van der Waals surface area (Å²) < 4.78 is 5.44. The molecule has 1 amide bonds. The van der Waals surface area contributed by atoms with Crippen LogP contribution in [0.2, 0.25) is 0 Å². The maximum Gasteiger partial charge on any atom is 0.325 e. The van der Waals surface area contributed by atoms with Crippen molar-refractivity contribution in [3.8, 4) is 0 Å². The first-order valence-corrected chi connectivity index (χ1v) is 5.93. The van der Waals surface area contributed by atoms with Crippen LogP contribution in [0, 0.1) is 13.8 Å².